The van der Waals surface area contributed by atoms with Gasteiger partial charge in [-0.1, -0.05) is 18.9 Å². The highest BCUT2D eigenvalue weighted by atomic mass is 19.2. The second-order valence-electron chi connectivity index (χ2n) is 4.75. The summed E-state index contributed by atoms with van der Waals surface area (Å²) < 4.78 is 66.8. The number of halogens is 5. The molecule has 1 nitrogen and oxygen atoms in total. The van der Waals surface area contributed by atoms with Crippen molar-refractivity contribution >= 4 is 0 Å². The third-order valence-electron chi connectivity index (χ3n) is 3.34. The van der Waals surface area contributed by atoms with Crippen LogP contribution in [0.3, 0.4) is 0 Å². The van der Waals surface area contributed by atoms with Gasteiger partial charge in [-0.15, -0.1) is 6.58 Å². The molecule has 0 heterocycles. The maximum absolute atomic E-state index is 13.7. The molecular formula is C15H18F5N. The van der Waals surface area contributed by atoms with Crippen molar-refractivity contribution in [1.82, 2.24) is 5.32 Å². The molecule has 0 aliphatic rings. The van der Waals surface area contributed by atoms with Crippen LogP contribution in [0.1, 0.15) is 43.7 Å². The molecule has 0 aromatic heterocycles. The largest absolute Gasteiger partial charge is 0.313 e. The van der Waals surface area contributed by atoms with Gasteiger partial charge in [0.15, 0.2) is 23.3 Å². The molecule has 0 amide bonds. The summed E-state index contributed by atoms with van der Waals surface area (Å²) in [4.78, 5) is 0. The minimum Gasteiger partial charge on any atom is -0.313 e. The van der Waals surface area contributed by atoms with E-state index in [1.54, 1.807) is 6.08 Å². The molecule has 0 bridgehead atoms. The van der Waals surface area contributed by atoms with Crippen LogP contribution in [0.15, 0.2) is 12.7 Å². The van der Waals surface area contributed by atoms with E-state index < -0.39 is 40.7 Å². The Bertz CT molecular complexity index is 472. The minimum absolute atomic E-state index is 0.284. The zero-order valence-corrected chi connectivity index (χ0v) is 11.8. The lowest BCUT2D eigenvalue weighted by Gasteiger charge is -2.19. The van der Waals surface area contributed by atoms with Gasteiger partial charge in [-0.25, -0.2) is 22.0 Å². The summed E-state index contributed by atoms with van der Waals surface area (Å²) in [5.41, 5.74) is -0.794. The van der Waals surface area contributed by atoms with Gasteiger partial charge in [0.2, 0.25) is 5.82 Å². The summed E-state index contributed by atoms with van der Waals surface area (Å²) in [5.74, 6) is -9.48. The second-order valence-corrected chi connectivity index (χ2v) is 4.75. The Labute approximate surface area is 120 Å². The predicted octanol–water partition coefficient (Wildman–Crippen LogP) is 4.78. The maximum Gasteiger partial charge on any atom is 0.200 e. The first-order valence-corrected chi connectivity index (χ1v) is 6.75. The van der Waals surface area contributed by atoms with E-state index in [2.05, 4.69) is 11.9 Å². The van der Waals surface area contributed by atoms with Crippen LogP contribution in [-0.2, 0) is 0 Å². The third-order valence-corrected chi connectivity index (χ3v) is 3.34. The van der Waals surface area contributed by atoms with Gasteiger partial charge in [0, 0.05) is 11.6 Å². The molecule has 1 rings (SSSR count). The van der Waals surface area contributed by atoms with E-state index in [4.69, 9.17) is 0 Å². The topological polar surface area (TPSA) is 12.0 Å². The van der Waals surface area contributed by atoms with Crippen molar-refractivity contribution in [3.8, 4) is 0 Å². The lowest BCUT2D eigenvalue weighted by atomic mass is 9.98. The molecule has 0 aliphatic heterocycles. The number of rotatable bonds is 8. The molecule has 0 saturated heterocycles. The SMILES string of the molecule is C=CCCCCCC(NC)c1c(F)c(F)c(F)c(F)c1F. The standard InChI is InChI=1S/C15H18F5N/c1-3-4-5-6-7-8-9(21-2)10-11(16)13(18)15(20)14(19)12(10)17/h3,9,21H,1,4-8H2,2H3. The summed E-state index contributed by atoms with van der Waals surface area (Å²) in [6.45, 7) is 3.58. The van der Waals surface area contributed by atoms with Crippen molar-refractivity contribution < 1.29 is 22.0 Å². The van der Waals surface area contributed by atoms with E-state index in [9.17, 15) is 22.0 Å². The molecule has 0 fully saturated rings. The summed E-state index contributed by atoms with van der Waals surface area (Å²) in [5, 5.41) is 2.61. The number of nitrogens with one attached hydrogen (secondary N) is 1. The summed E-state index contributed by atoms with van der Waals surface area (Å²) in [7, 11) is 1.42. The first-order chi connectivity index (χ1) is 9.95. The smallest absolute Gasteiger partial charge is 0.200 e. The van der Waals surface area contributed by atoms with Gasteiger partial charge >= 0.3 is 0 Å². The molecule has 0 spiro atoms. The summed E-state index contributed by atoms with van der Waals surface area (Å²) >= 11 is 0. The average molecular weight is 307 g/mol. The van der Waals surface area contributed by atoms with E-state index >= 15 is 0 Å². The Kier molecular flexibility index (Phi) is 6.81. The van der Waals surface area contributed by atoms with Crippen LogP contribution in [-0.4, -0.2) is 7.05 Å². The van der Waals surface area contributed by atoms with Gasteiger partial charge in [0.05, 0.1) is 0 Å². The van der Waals surface area contributed by atoms with Crippen molar-refractivity contribution in [2.24, 2.45) is 0 Å². The Morgan fingerprint density at radius 3 is 1.90 bits per heavy atom. The number of hydrogen-bond donors (Lipinski definition) is 1. The van der Waals surface area contributed by atoms with Gasteiger partial charge in [0.25, 0.3) is 0 Å². The van der Waals surface area contributed by atoms with Crippen LogP contribution in [0.5, 0.6) is 0 Å². The van der Waals surface area contributed by atoms with Crippen LogP contribution >= 0.6 is 0 Å². The van der Waals surface area contributed by atoms with Crippen molar-refractivity contribution in [2.45, 2.75) is 38.1 Å². The van der Waals surface area contributed by atoms with Crippen LogP contribution in [0.2, 0.25) is 0 Å². The van der Waals surface area contributed by atoms with Crippen LogP contribution in [0, 0.1) is 29.1 Å². The quantitative estimate of drug-likeness (QED) is 0.240. The van der Waals surface area contributed by atoms with E-state index in [0.717, 1.165) is 19.3 Å². The average Bonchev–Trinajstić information content (AvgIpc) is 2.49. The first-order valence-electron chi connectivity index (χ1n) is 6.75. The minimum atomic E-state index is -2.13. The normalized spacial score (nSPS) is 12.5. The van der Waals surface area contributed by atoms with Gasteiger partial charge in [-0.05, 0) is 26.3 Å². The van der Waals surface area contributed by atoms with Crippen molar-refractivity contribution in [2.75, 3.05) is 7.05 Å². The Hall–Kier alpha value is -1.43. The molecule has 21 heavy (non-hydrogen) atoms. The van der Waals surface area contributed by atoms with Crippen LogP contribution < -0.4 is 5.32 Å². The van der Waals surface area contributed by atoms with Crippen molar-refractivity contribution in [3.05, 3.63) is 47.3 Å². The van der Waals surface area contributed by atoms with Gasteiger partial charge < -0.3 is 5.32 Å². The molecule has 1 aromatic rings. The third kappa shape index (κ3) is 4.03. The number of allylic oxidation sites excluding steroid dienone is 1. The zero-order valence-electron chi connectivity index (χ0n) is 11.8. The molecule has 1 aromatic carbocycles. The van der Waals surface area contributed by atoms with Gasteiger partial charge in [0.1, 0.15) is 0 Å². The molecule has 1 atom stereocenters. The highest BCUT2D eigenvalue weighted by Gasteiger charge is 2.29. The van der Waals surface area contributed by atoms with E-state index in [1.807, 2.05) is 0 Å². The van der Waals surface area contributed by atoms with E-state index in [1.165, 1.54) is 7.05 Å². The number of benzene rings is 1. The van der Waals surface area contributed by atoms with E-state index in [-0.39, 0.29) is 6.42 Å². The predicted molar refractivity (Wildman–Crippen MR) is 71.3 cm³/mol. The highest BCUT2D eigenvalue weighted by Crippen LogP contribution is 2.30. The monoisotopic (exact) mass is 307 g/mol. The van der Waals surface area contributed by atoms with Crippen LogP contribution in [0.25, 0.3) is 0 Å². The fourth-order valence-electron chi connectivity index (χ4n) is 2.17. The first kappa shape index (κ1) is 17.6. The summed E-state index contributed by atoms with van der Waals surface area (Å²) in [6, 6.07) is -0.918. The van der Waals surface area contributed by atoms with E-state index in [0.29, 0.717) is 6.42 Å². The molecule has 0 radical (unpaired) electrons. The Morgan fingerprint density at radius 1 is 0.905 bits per heavy atom. The fraction of sp³-hybridized carbons (Fsp3) is 0.467. The highest BCUT2D eigenvalue weighted by molar-refractivity contribution is 5.27. The van der Waals surface area contributed by atoms with Crippen LogP contribution in [0.4, 0.5) is 22.0 Å². The summed E-state index contributed by atoms with van der Waals surface area (Å²) in [6.07, 6.45) is 5.15. The maximum atomic E-state index is 13.7. The molecule has 118 valence electrons. The molecule has 0 aliphatic carbocycles. The fourth-order valence-corrected chi connectivity index (χ4v) is 2.17. The molecular weight excluding hydrogens is 289 g/mol. The van der Waals surface area contributed by atoms with Gasteiger partial charge in [-0.2, -0.15) is 0 Å². The number of hydrogen-bond acceptors (Lipinski definition) is 1. The number of unbranched alkanes of at least 4 members (excludes halogenated alkanes) is 3. The molecule has 6 heteroatoms. The second kappa shape index (κ2) is 8.12. The molecule has 1 N–H and O–H groups in total. The zero-order chi connectivity index (χ0) is 16.0. The lowest BCUT2D eigenvalue weighted by molar-refractivity contribution is 0.353. The Morgan fingerprint density at radius 2 is 1.43 bits per heavy atom. The molecule has 0 saturated carbocycles. The lowest BCUT2D eigenvalue weighted by Crippen LogP contribution is -2.21. The van der Waals surface area contributed by atoms with Crippen molar-refractivity contribution in [1.29, 1.82) is 0 Å². The van der Waals surface area contributed by atoms with Gasteiger partial charge in [-0.3, -0.25) is 0 Å². The molecule has 1 unspecified atom stereocenters. The Balaban J connectivity index is 2.93. The van der Waals surface area contributed by atoms with Crippen molar-refractivity contribution in [3.63, 3.8) is 0 Å².